The molecule has 1 fully saturated rings. The van der Waals surface area contributed by atoms with Gasteiger partial charge in [-0.25, -0.2) is 12.8 Å². The molecule has 2 aromatic carbocycles. The van der Waals surface area contributed by atoms with Gasteiger partial charge in [-0.1, -0.05) is 12.1 Å². The van der Waals surface area contributed by atoms with Crippen molar-refractivity contribution >= 4 is 26.6 Å². The lowest BCUT2D eigenvalue weighted by Gasteiger charge is -2.21. The lowest BCUT2D eigenvalue weighted by Crippen LogP contribution is -2.26. The maximum Gasteiger partial charge on any atom is 0.250 e. The van der Waals surface area contributed by atoms with Crippen LogP contribution in [-0.2, 0) is 16.3 Å². The van der Waals surface area contributed by atoms with Gasteiger partial charge in [-0.3, -0.25) is 4.79 Å². The van der Waals surface area contributed by atoms with Gasteiger partial charge < -0.3 is 10.7 Å². The van der Waals surface area contributed by atoms with Crippen LogP contribution < -0.4 is 5.73 Å². The van der Waals surface area contributed by atoms with E-state index in [-0.39, 0.29) is 23.2 Å². The monoisotopic (exact) mass is 400 g/mol. The number of primary amides is 1. The zero-order valence-electron chi connectivity index (χ0n) is 15.2. The van der Waals surface area contributed by atoms with Crippen molar-refractivity contribution in [2.24, 2.45) is 11.7 Å². The van der Waals surface area contributed by atoms with Crippen LogP contribution in [0.1, 0.15) is 28.8 Å². The highest BCUT2D eigenvalue weighted by Gasteiger charge is 2.26. The van der Waals surface area contributed by atoms with Gasteiger partial charge in [-0.2, -0.15) is 0 Å². The lowest BCUT2D eigenvalue weighted by atomic mass is 9.93. The number of nitrogens with two attached hydrogens (primary N) is 1. The van der Waals surface area contributed by atoms with Crippen molar-refractivity contribution in [3.63, 3.8) is 0 Å². The van der Waals surface area contributed by atoms with Crippen molar-refractivity contribution in [2.75, 3.05) is 11.5 Å². The van der Waals surface area contributed by atoms with Crippen LogP contribution in [0.4, 0.5) is 4.39 Å². The summed E-state index contributed by atoms with van der Waals surface area (Å²) < 4.78 is 37.2. The van der Waals surface area contributed by atoms with Crippen LogP contribution in [0.25, 0.3) is 22.0 Å². The summed E-state index contributed by atoms with van der Waals surface area (Å²) in [7, 11) is -2.99. The van der Waals surface area contributed by atoms with Crippen LogP contribution in [0.15, 0.2) is 42.6 Å². The Balaban J connectivity index is 1.78. The molecule has 3 N–H and O–H groups in total. The summed E-state index contributed by atoms with van der Waals surface area (Å²) in [4.78, 5) is 15.1. The Morgan fingerprint density at radius 2 is 1.93 bits per heavy atom. The van der Waals surface area contributed by atoms with Gasteiger partial charge in [0, 0.05) is 11.6 Å². The molecule has 1 aliphatic rings. The van der Waals surface area contributed by atoms with Gasteiger partial charge in [0.15, 0.2) is 9.84 Å². The van der Waals surface area contributed by atoms with E-state index in [4.69, 9.17) is 5.73 Å². The van der Waals surface area contributed by atoms with Crippen molar-refractivity contribution in [3.05, 3.63) is 59.5 Å². The molecule has 3 aromatic rings. The number of carbonyl (C=O) groups is 1. The van der Waals surface area contributed by atoms with E-state index in [1.807, 2.05) is 12.3 Å². The van der Waals surface area contributed by atoms with Crippen molar-refractivity contribution in [1.82, 2.24) is 4.98 Å². The van der Waals surface area contributed by atoms with Crippen LogP contribution in [0.3, 0.4) is 0 Å². The number of H-pyrrole nitrogens is 1. The average Bonchev–Trinajstić information content (AvgIpc) is 3.03. The quantitative estimate of drug-likeness (QED) is 0.703. The van der Waals surface area contributed by atoms with Crippen molar-refractivity contribution in [3.8, 4) is 11.1 Å². The van der Waals surface area contributed by atoms with Gasteiger partial charge in [0.2, 0.25) is 0 Å². The Morgan fingerprint density at radius 1 is 1.18 bits per heavy atom. The van der Waals surface area contributed by atoms with Crippen LogP contribution in [0.2, 0.25) is 0 Å². The summed E-state index contributed by atoms with van der Waals surface area (Å²) in [5.41, 5.74) is 9.09. The SMILES string of the molecule is NC(=O)c1cc(-c2ccc(F)cc2)cc2c(CC3CCCS(=O)(=O)C3)c[nH]c12. The number of nitrogens with one attached hydrogen (secondary N) is 1. The number of fused-ring (bicyclic) bond motifs is 1. The van der Waals surface area contributed by atoms with Crippen molar-refractivity contribution < 1.29 is 17.6 Å². The van der Waals surface area contributed by atoms with E-state index in [0.29, 0.717) is 23.9 Å². The number of hydrogen-bond acceptors (Lipinski definition) is 3. The zero-order valence-corrected chi connectivity index (χ0v) is 16.1. The molecule has 0 aliphatic carbocycles. The van der Waals surface area contributed by atoms with Crippen LogP contribution >= 0.6 is 0 Å². The van der Waals surface area contributed by atoms with Crippen LogP contribution in [-0.4, -0.2) is 30.8 Å². The summed E-state index contributed by atoms with van der Waals surface area (Å²) in [5, 5.41) is 0.846. The summed E-state index contributed by atoms with van der Waals surface area (Å²) in [6.45, 7) is 0. The first kappa shape index (κ1) is 18.7. The topological polar surface area (TPSA) is 93.0 Å². The third-order valence-electron chi connectivity index (χ3n) is 5.38. The molecule has 1 aliphatic heterocycles. The Kier molecular flexibility index (Phi) is 4.71. The summed E-state index contributed by atoms with van der Waals surface area (Å²) >= 11 is 0. The van der Waals surface area contributed by atoms with Gasteiger partial charge in [0.05, 0.1) is 22.6 Å². The van der Waals surface area contributed by atoms with Gasteiger partial charge >= 0.3 is 0 Å². The van der Waals surface area contributed by atoms with Crippen LogP contribution in [0.5, 0.6) is 0 Å². The van der Waals surface area contributed by atoms with E-state index in [1.54, 1.807) is 18.2 Å². The number of aromatic nitrogens is 1. The fourth-order valence-electron chi connectivity index (χ4n) is 4.05. The van der Waals surface area contributed by atoms with Crippen molar-refractivity contribution in [2.45, 2.75) is 19.3 Å². The highest BCUT2D eigenvalue weighted by atomic mass is 32.2. The molecule has 2 heterocycles. The third-order valence-corrected chi connectivity index (χ3v) is 7.27. The normalized spacial score (nSPS) is 19.0. The first-order valence-electron chi connectivity index (χ1n) is 9.22. The molecular weight excluding hydrogens is 379 g/mol. The second-order valence-electron chi connectivity index (χ2n) is 7.46. The second kappa shape index (κ2) is 7.05. The Labute approximate surface area is 162 Å². The molecule has 1 aromatic heterocycles. The van der Waals surface area contributed by atoms with E-state index in [0.717, 1.165) is 28.5 Å². The van der Waals surface area contributed by atoms with E-state index in [2.05, 4.69) is 4.98 Å². The minimum absolute atomic E-state index is 0.0595. The fraction of sp³-hybridized carbons (Fsp3) is 0.286. The highest BCUT2D eigenvalue weighted by molar-refractivity contribution is 7.91. The maximum absolute atomic E-state index is 13.3. The summed E-state index contributed by atoms with van der Waals surface area (Å²) in [6.07, 6.45) is 3.99. The number of hydrogen-bond donors (Lipinski definition) is 2. The Morgan fingerprint density at radius 3 is 2.61 bits per heavy atom. The van der Waals surface area contributed by atoms with Crippen molar-refractivity contribution in [1.29, 1.82) is 0 Å². The molecule has 1 amide bonds. The molecule has 5 nitrogen and oxygen atoms in total. The molecule has 4 rings (SSSR count). The van der Waals surface area contributed by atoms with Gasteiger partial charge in [0.1, 0.15) is 5.82 Å². The number of aromatic amines is 1. The smallest absolute Gasteiger partial charge is 0.250 e. The van der Waals surface area contributed by atoms with E-state index < -0.39 is 15.7 Å². The van der Waals surface area contributed by atoms with Gasteiger partial charge in [0.25, 0.3) is 5.91 Å². The molecule has 7 heteroatoms. The largest absolute Gasteiger partial charge is 0.366 e. The predicted molar refractivity (Wildman–Crippen MR) is 107 cm³/mol. The predicted octanol–water partition coefficient (Wildman–Crippen LogP) is 3.44. The minimum Gasteiger partial charge on any atom is -0.366 e. The molecule has 1 atom stereocenters. The number of rotatable bonds is 4. The number of amides is 1. The van der Waals surface area contributed by atoms with E-state index in [9.17, 15) is 17.6 Å². The van der Waals surface area contributed by atoms with E-state index >= 15 is 0 Å². The molecule has 0 saturated carbocycles. The summed E-state index contributed by atoms with van der Waals surface area (Å²) in [5.74, 6) is -0.370. The number of halogens is 1. The first-order valence-corrected chi connectivity index (χ1v) is 11.0. The molecule has 0 spiro atoms. The molecule has 0 bridgehead atoms. The van der Waals surface area contributed by atoms with Gasteiger partial charge in [-0.05, 0) is 66.1 Å². The van der Waals surface area contributed by atoms with Crippen LogP contribution in [0, 0.1) is 11.7 Å². The zero-order chi connectivity index (χ0) is 19.9. The first-order chi connectivity index (χ1) is 13.3. The minimum atomic E-state index is -2.99. The van der Waals surface area contributed by atoms with E-state index in [1.165, 1.54) is 12.1 Å². The second-order valence-corrected chi connectivity index (χ2v) is 9.69. The fourth-order valence-corrected chi connectivity index (χ4v) is 5.83. The molecule has 0 radical (unpaired) electrons. The number of carbonyl (C=O) groups excluding carboxylic acids is 1. The standard InChI is InChI=1S/C21H21FN2O3S/c22-17-5-3-14(4-6-17)15-9-18-16(8-13-2-1-7-28(26,27)12-13)11-24-20(18)19(10-15)21(23)25/h3-6,9-11,13,24H,1-2,7-8,12H2,(H2,23,25). The Hall–Kier alpha value is -2.67. The third kappa shape index (κ3) is 3.67. The molecule has 1 saturated heterocycles. The molecule has 28 heavy (non-hydrogen) atoms. The lowest BCUT2D eigenvalue weighted by molar-refractivity contribution is 0.100. The highest BCUT2D eigenvalue weighted by Crippen LogP contribution is 2.32. The maximum atomic E-state index is 13.3. The Bertz CT molecular complexity index is 1150. The summed E-state index contributed by atoms with van der Waals surface area (Å²) in [6, 6.07) is 9.69. The number of sulfone groups is 1. The number of benzene rings is 2. The molecule has 146 valence electrons. The average molecular weight is 400 g/mol. The van der Waals surface area contributed by atoms with Gasteiger partial charge in [-0.15, -0.1) is 0 Å². The molecule has 1 unspecified atom stereocenters. The molecular formula is C21H21FN2O3S.